The average Bonchev–Trinajstić information content (AvgIpc) is 3.47. The Balaban J connectivity index is 1.95. The third-order valence-electron chi connectivity index (χ3n) is 5.94. The van der Waals surface area contributed by atoms with Crippen LogP contribution in [-0.4, -0.2) is 60.7 Å². The van der Waals surface area contributed by atoms with Crippen LogP contribution in [0.5, 0.6) is 11.5 Å². The molecule has 34 heavy (non-hydrogen) atoms. The molecule has 1 aliphatic rings. The first-order chi connectivity index (χ1) is 16.3. The standard InChI is InChI=1S/C24H31NO8S/c1-13-17(30-2)9-14(10-18(13)31-3)22(28)19(33-15-7-5-6-8-15)12-20-25-16(11-21(26)27)23(34-20)24(29)32-4/h9-10,15,19,22,28H,5-8,11-12H2,1-4H3,(H,26,27). The lowest BCUT2D eigenvalue weighted by Gasteiger charge is -2.27. The zero-order valence-electron chi connectivity index (χ0n) is 19.8. The number of aliphatic hydroxyl groups is 1. The Kier molecular flexibility index (Phi) is 8.87. The molecule has 1 saturated carbocycles. The lowest BCUT2D eigenvalue weighted by atomic mass is 9.99. The minimum Gasteiger partial charge on any atom is -0.496 e. The molecule has 3 rings (SSSR count). The van der Waals surface area contributed by atoms with E-state index in [0.717, 1.165) is 42.6 Å². The largest absolute Gasteiger partial charge is 0.496 e. The Morgan fingerprint density at radius 1 is 1.15 bits per heavy atom. The van der Waals surface area contributed by atoms with E-state index >= 15 is 0 Å². The molecule has 0 radical (unpaired) electrons. The summed E-state index contributed by atoms with van der Waals surface area (Å²) in [5.41, 5.74) is 1.53. The number of carbonyl (C=O) groups is 2. The minimum absolute atomic E-state index is 0.00687. The van der Waals surface area contributed by atoms with Crippen molar-refractivity contribution in [1.29, 1.82) is 0 Å². The van der Waals surface area contributed by atoms with E-state index in [2.05, 4.69) is 4.98 Å². The Labute approximate surface area is 202 Å². The first kappa shape index (κ1) is 25.9. The summed E-state index contributed by atoms with van der Waals surface area (Å²) in [7, 11) is 4.34. The fourth-order valence-electron chi connectivity index (χ4n) is 4.17. The van der Waals surface area contributed by atoms with E-state index in [1.54, 1.807) is 26.4 Å². The highest BCUT2D eigenvalue weighted by atomic mass is 32.1. The molecule has 0 saturated heterocycles. The third kappa shape index (κ3) is 6.05. The second kappa shape index (κ2) is 11.6. The van der Waals surface area contributed by atoms with Gasteiger partial charge in [0.2, 0.25) is 0 Å². The highest BCUT2D eigenvalue weighted by Crippen LogP contribution is 2.36. The van der Waals surface area contributed by atoms with E-state index < -0.39 is 30.6 Å². The second-order valence-corrected chi connectivity index (χ2v) is 9.31. The number of thiazole rings is 1. The number of carbonyl (C=O) groups excluding carboxylic acids is 1. The summed E-state index contributed by atoms with van der Waals surface area (Å²) in [4.78, 5) is 28.0. The number of rotatable bonds is 11. The number of methoxy groups -OCH3 is 3. The van der Waals surface area contributed by atoms with E-state index in [9.17, 15) is 19.8 Å². The summed E-state index contributed by atoms with van der Waals surface area (Å²) in [6.45, 7) is 1.87. The van der Waals surface area contributed by atoms with Gasteiger partial charge in [-0.25, -0.2) is 9.78 Å². The number of benzene rings is 1. The molecule has 2 atom stereocenters. The van der Waals surface area contributed by atoms with Gasteiger partial charge in [-0.3, -0.25) is 4.79 Å². The number of hydrogen-bond acceptors (Lipinski definition) is 9. The predicted octanol–water partition coefficient (Wildman–Crippen LogP) is 3.49. The van der Waals surface area contributed by atoms with Gasteiger partial charge in [-0.2, -0.15) is 0 Å². The van der Waals surface area contributed by atoms with Crippen LogP contribution in [0, 0.1) is 6.92 Å². The van der Waals surface area contributed by atoms with E-state index in [1.165, 1.54) is 7.11 Å². The van der Waals surface area contributed by atoms with Crippen LogP contribution < -0.4 is 9.47 Å². The number of aliphatic carboxylic acids is 1. The lowest BCUT2D eigenvalue weighted by Crippen LogP contribution is -2.29. The van der Waals surface area contributed by atoms with Crippen LogP contribution in [0.15, 0.2) is 12.1 Å². The second-order valence-electron chi connectivity index (χ2n) is 8.23. The van der Waals surface area contributed by atoms with Crippen molar-refractivity contribution in [1.82, 2.24) is 4.98 Å². The topological polar surface area (TPSA) is 124 Å². The van der Waals surface area contributed by atoms with Crippen LogP contribution in [-0.2, 0) is 27.1 Å². The molecule has 186 valence electrons. The molecule has 1 heterocycles. The van der Waals surface area contributed by atoms with E-state index in [4.69, 9.17) is 18.9 Å². The van der Waals surface area contributed by atoms with Crippen molar-refractivity contribution in [3.8, 4) is 11.5 Å². The summed E-state index contributed by atoms with van der Waals surface area (Å²) in [5, 5.41) is 21.1. The van der Waals surface area contributed by atoms with Crippen LogP contribution in [0.25, 0.3) is 0 Å². The van der Waals surface area contributed by atoms with Crippen LogP contribution in [0.4, 0.5) is 0 Å². The van der Waals surface area contributed by atoms with Crippen LogP contribution in [0.1, 0.15) is 63.3 Å². The molecule has 0 bridgehead atoms. The maximum atomic E-state index is 12.2. The Morgan fingerprint density at radius 2 is 1.76 bits per heavy atom. The number of hydrogen-bond donors (Lipinski definition) is 2. The van der Waals surface area contributed by atoms with Crippen molar-refractivity contribution >= 4 is 23.3 Å². The number of carboxylic acid groups (broad SMARTS) is 1. The summed E-state index contributed by atoms with van der Waals surface area (Å²) in [6.07, 6.45) is 2.03. The summed E-state index contributed by atoms with van der Waals surface area (Å²) >= 11 is 1.06. The van der Waals surface area contributed by atoms with E-state index in [-0.39, 0.29) is 23.1 Å². The van der Waals surface area contributed by atoms with Gasteiger partial charge < -0.3 is 29.2 Å². The van der Waals surface area contributed by atoms with E-state index in [0.29, 0.717) is 22.1 Å². The number of aliphatic hydroxyl groups excluding tert-OH is 1. The Hall–Kier alpha value is -2.69. The van der Waals surface area contributed by atoms with Crippen molar-refractivity contribution in [2.24, 2.45) is 0 Å². The summed E-state index contributed by atoms with van der Waals surface area (Å²) < 4.78 is 22.0. The Bertz CT molecular complexity index is 989. The summed E-state index contributed by atoms with van der Waals surface area (Å²) in [6, 6.07) is 3.51. The van der Waals surface area contributed by atoms with Gasteiger partial charge in [0.1, 0.15) is 22.5 Å². The van der Waals surface area contributed by atoms with Gasteiger partial charge in [0.05, 0.1) is 50.7 Å². The highest BCUT2D eigenvalue weighted by molar-refractivity contribution is 7.13. The van der Waals surface area contributed by atoms with Crippen LogP contribution in [0.3, 0.4) is 0 Å². The molecule has 2 unspecified atom stereocenters. The molecule has 1 aliphatic carbocycles. The maximum absolute atomic E-state index is 12.2. The van der Waals surface area contributed by atoms with Gasteiger partial charge in [0, 0.05) is 12.0 Å². The third-order valence-corrected chi connectivity index (χ3v) is 7.04. The molecule has 1 aromatic heterocycles. The van der Waals surface area contributed by atoms with Crippen molar-refractivity contribution in [2.45, 2.75) is 63.8 Å². The molecular formula is C24H31NO8S. The van der Waals surface area contributed by atoms with Gasteiger partial charge in [0.15, 0.2) is 0 Å². The van der Waals surface area contributed by atoms with Crippen molar-refractivity contribution in [3.63, 3.8) is 0 Å². The highest BCUT2D eigenvalue weighted by Gasteiger charge is 2.31. The fraction of sp³-hybridized carbons (Fsp3) is 0.542. The first-order valence-electron chi connectivity index (χ1n) is 11.1. The van der Waals surface area contributed by atoms with Gasteiger partial charge in [-0.15, -0.1) is 11.3 Å². The average molecular weight is 494 g/mol. The lowest BCUT2D eigenvalue weighted by molar-refractivity contribution is -0.136. The fourth-order valence-corrected chi connectivity index (χ4v) is 5.21. The molecule has 0 spiro atoms. The van der Waals surface area contributed by atoms with Gasteiger partial charge in [-0.05, 0) is 37.5 Å². The molecule has 0 amide bonds. The molecule has 2 N–H and O–H groups in total. The molecule has 2 aromatic rings. The van der Waals surface area contributed by atoms with Crippen LogP contribution in [0.2, 0.25) is 0 Å². The monoisotopic (exact) mass is 493 g/mol. The number of ether oxygens (including phenoxy) is 4. The predicted molar refractivity (Wildman–Crippen MR) is 125 cm³/mol. The van der Waals surface area contributed by atoms with E-state index in [1.807, 2.05) is 6.92 Å². The zero-order chi connectivity index (χ0) is 24.8. The molecule has 10 heteroatoms. The number of nitrogens with zero attached hydrogens (tertiary/aromatic N) is 1. The van der Waals surface area contributed by atoms with Crippen molar-refractivity contribution < 1.29 is 38.7 Å². The number of esters is 1. The SMILES string of the molecule is COC(=O)c1sc(CC(OC2CCCC2)C(O)c2cc(OC)c(C)c(OC)c2)nc1CC(=O)O. The Morgan fingerprint density at radius 3 is 2.29 bits per heavy atom. The normalized spacial score (nSPS) is 15.7. The molecule has 1 aromatic carbocycles. The van der Waals surface area contributed by atoms with Crippen molar-refractivity contribution in [3.05, 3.63) is 38.8 Å². The quantitative estimate of drug-likeness (QED) is 0.453. The van der Waals surface area contributed by atoms with Gasteiger partial charge in [-0.1, -0.05) is 12.8 Å². The molecule has 9 nitrogen and oxygen atoms in total. The number of carboxylic acids is 1. The van der Waals surface area contributed by atoms with Crippen molar-refractivity contribution in [2.75, 3.05) is 21.3 Å². The zero-order valence-corrected chi connectivity index (χ0v) is 20.6. The summed E-state index contributed by atoms with van der Waals surface area (Å²) in [5.74, 6) is -0.570. The smallest absolute Gasteiger partial charge is 0.350 e. The number of aromatic nitrogens is 1. The maximum Gasteiger partial charge on any atom is 0.350 e. The minimum atomic E-state index is -1.10. The van der Waals surface area contributed by atoms with Gasteiger partial charge in [0.25, 0.3) is 0 Å². The molecular weight excluding hydrogens is 462 g/mol. The molecule has 1 fully saturated rings. The first-order valence-corrected chi connectivity index (χ1v) is 11.9. The molecule has 0 aliphatic heterocycles. The van der Waals surface area contributed by atoms with Gasteiger partial charge >= 0.3 is 11.9 Å². The van der Waals surface area contributed by atoms with Crippen LogP contribution >= 0.6 is 11.3 Å².